The number of hydrogen-bond donors (Lipinski definition) is 1. The number of hydrogen-bond acceptors (Lipinski definition) is 5. The molecule has 0 aromatic heterocycles. The number of nitrogens with zero attached hydrogens (tertiary/aromatic N) is 1. The van der Waals surface area contributed by atoms with Crippen molar-refractivity contribution in [1.82, 2.24) is 9.62 Å². The van der Waals surface area contributed by atoms with Crippen molar-refractivity contribution in [3.63, 3.8) is 0 Å². The fraction of sp³-hybridized carbons (Fsp3) is 0.300. The zero-order chi connectivity index (χ0) is 21.2. The Bertz CT molecular complexity index is 1020. The molecule has 1 aliphatic carbocycles. The molecule has 1 fully saturated rings. The Hall–Kier alpha value is -2.42. The van der Waals surface area contributed by atoms with Crippen LogP contribution in [0.2, 0.25) is 5.02 Å². The summed E-state index contributed by atoms with van der Waals surface area (Å²) in [4.78, 5) is 25.3. The second-order valence-electron chi connectivity index (χ2n) is 6.91. The number of esters is 1. The largest absolute Gasteiger partial charge is 0.444 e. The van der Waals surface area contributed by atoms with Gasteiger partial charge in [0.1, 0.15) is 0 Å². The van der Waals surface area contributed by atoms with E-state index in [-0.39, 0.29) is 21.5 Å². The number of amides is 1. The van der Waals surface area contributed by atoms with Crippen molar-refractivity contribution in [2.45, 2.75) is 29.9 Å². The molecule has 0 saturated heterocycles. The summed E-state index contributed by atoms with van der Waals surface area (Å²) >= 11 is 6.11. The monoisotopic (exact) mass is 436 g/mol. The first kappa shape index (κ1) is 21.3. The zero-order valence-corrected chi connectivity index (χ0v) is 17.5. The lowest BCUT2D eigenvalue weighted by Gasteiger charge is -2.19. The summed E-state index contributed by atoms with van der Waals surface area (Å²) in [5, 5.41) is 2.85. The number of ether oxygens (including phenoxy) is 1. The highest BCUT2D eigenvalue weighted by Crippen LogP contribution is 2.27. The molecule has 154 valence electrons. The zero-order valence-electron chi connectivity index (χ0n) is 16.0. The van der Waals surface area contributed by atoms with Crippen LogP contribution >= 0.6 is 11.6 Å². The first-order valence-electron chi connectivity index (χ1n) is 8.98. The molecule has 2 aromatic carbocycles. The lowest BCUT2D eigenvalue weighted by molar-refractivity contribution is -0.130. The van der Waals surface area contributed by atoms with Crippen molar-refractivity contribution in [2.24, 2.45) is 0 Å². The van der Waals surface area contributed by atoms with Gasteiger partial charge in [-0.1, -0.05) is 41.9 Å². The first-order valence-corrected chi connectivity index (χ1v) is 10.8. The van der Waals surface area contributed by atoms with Gasteiger partial charge in [-0.2, -0.15) is 0 Å². The molecule has 0 aliphatic heterocycles. The van der Waals surface area contributed by atoms with E-state index < -0.39 is 28.0 Å². The summed E-state index contributed by atoms with van der Waals surface area (Å²) in [6.07, 6.45) is 0.601. The van der Waals surface area contributed by atoms with Gasteiger partial charge in [0.15, 0.2) is 0 Å². The smallest absolute Gasteiger partial charge is 0.340 e. The van der Waals surface area contributed by atoms with Gasteiger partial charge in [-0.05, 0) is 31.0 Å². The molecular formula is C20H21ClN2O5S. The van der Waals surface area contributed by atoms with Crippen LogP contribution in [0.4, 0.5) is 0 Å². The number of sulfonamides is 1. The summed E-state index contributed by atoms with van der Waals surface area (Å²) in [7, 11) is -0.998. The van der Waals surface area contributed by atoms with Crippen molar-refractivity contribution in [1.29, 1.82) is 0 Å². The van der Waals surface area contributed by atoms with Crippen LogP contribution in [0.3, 0.4) is 0 Å². The summed E-state index contributed by atoms with van der Waals surface area (Å²) in [6.45, 7) is 0. The Morgan fingerprint density at radius 3 is 2.38 bits per heavy atom. The van der Waals surface area contributed by atoms with E-state index in [1.165, 1.54) is 26.2 Å². The van der Waals surface area contributed by atoms with Gasteiger partial charge in [0.25, 0.3) is 5.91 Å². The van der Waals surface area contributed by atoms with E-state index in [4.69, 9.17) is 16.3 Å². The second kappa shape index (κ2) is 8.52. The van der Waals surface area contributed by atoms with Crippen LogP contribution in [0.15, 0.2) is 53.4 Å². The molecule has 0 radical (unpaired) electrons. The fourth-order valence-corrected chi connectivity index (χ4v) is 3.73. The predicted octanol–water partition coefficient (Wildman–Crippen LogP) is 2.77. The van der Waals surface area contributed by atoms with Crippen LogP contribution in [-0.2, 0) is 19.6 Å². The van der Waals surface area contributed by atoms with Crippen LogP contribution in [0.25, 0.3) is 0 Å². The third-order valence-corrected chi connectivity index (χ3v) is 6.57. The molecule has 1 saturated carbocycles. The van der Waals surface area contributed by atoms with Crippen LogP contribution in [-0.4, -0.2) is 44.7 Å². The maximum absolute atomic E-state index is 12.8. The van der Waals surface area contributed by atoms with Gasteiger partial charge in [-0.15, -0.1) is 0 Å². The van der Waals surface area contributed by atoms with Crippen molar-refractivity contribution in [2.75, 3.05) is 14.1 Å². The van der Waals surface area contributed by atoms with E-state index in [0.29, 0.717) is 5.56 Å². The topological polar surface area (TPSA) is 92.8 Å². The third-order valence-electron chi connectivity index (χ3n) is 4.43. The minimum absolute atomic E-state index is 0.0297. The minimum Gasteiger partial charge on any atom is -0.444 e. The Kier molecular flexibility index (Phi) is 6.26. The number of carbonyl (C=O) groups is 2. The van der Waals surface area contributed by atoms with Gasteiger partial charge in [0, 0.05) is 25.7 Å². The molecule has 29 heavy (non-hydrogen) atoms. The molecule has 7 nitrogen and oxygen atoms in total. The van der Waals surface area contributed by atoms with Crippen molar-refractivity contribution in [3.8, 4) is 0 Å². The Balaban J connectivity index is 1.90. The van der Waals surface area contributed by atoms with Crippen LogP contribution in [0.5, 0.6) is 0 Å². The van der Waals surface area contributed by atoms with E-state index in [1.807, 2.05) is 0 Å². The molecule has 1 N–H and O–H groups in total. The summed E-state index contributed by atoms with van der Waals surface area (Å²) in [6, 6.07) is 12.5. The van der Waals surface area contributed by atoms with Gasteiger partial charge in [0.05, 0.1) is 15.5 Å². The molecular weight excluding hydrogens is 416 g/mol. The van der Waals surface area contributed by atoms with Crippen molar-refractivity contribution in [3.05, 3.63) is 64.7 Å². The maximum Gasteiger partial charge on any atom is 0.340 e. The van der Waals surface area contributed by atoms with Crippen LogP contribution in [0, 0.1) is 0 Å². The van der Waals surface area contributed by atoms with Gasteiger partial charge in [0.2, 0.25) is 16.1 Å². The van der Waals surface area contributed by atoms with Crippen LogP contribution < -0.4 is 5.32 Å². The molecule has 1 amide bonds. The Morgan fingerprint density at radius 2 is 1.79 bits per heavy atom. The Labute approximate surface area is 174 Å². The quantitative estimate of drug-likeness (QED) is 0.673. The lowest BCUT2D eigenvalue weighted by atomic mass is 10.1. The van der Waals surface area contributed by atoms with Crippen molar-refractivity contribution < 1.29 is 22.7 Å². The number of halogens is 1. The molecule has 0 heterocycles. The third kappa shape index (κ3) is 4.95. The molecule has 3 rings (SSSR count). The van der Waals surface area contributed by atoms with E-state index >= 15 is 0 Å². The highest BCUT2D eigenvalue weighted by Gasteiger charge is 2.32. The van der Waals surface area contributed by atoms with Gasteiger partial charge in [-0.3, -0.25) is 4.79 Å². The molecule has 0 spiro atoms. The minimum atomic E-state index is -3.77. The molecule has 2 aromatic rings. The average Bonchev–Trinajstić information content (AvgIpc) is 3.50. The molecule has 1 aliphatic rings. The fourth-order valence-electron chi connectivity index (χ4n) is 2.61. The number of rotatable bonds is 7. The number of benzene rings is 2. The molecule has 9 heteroatoms. The summed E-state index contributed by atoms with van der Waals surface area (Å²) < 4.78 is 31.2. The Morgan fingerprint density at radius 1 is 1.14 bits per heavy atom. The van der Waals surface area contributed by atoms with Gasteiger partial charge >= 0.3 is 5.97 Å². The molecule has 1 atom stereocenters. The lowest BCUT2D eigenvalue weighted by Crippen LogP contribution is -2.33. The highest BCUT2D eigenvalue weighted by molar-refractivity contribution is 7.89. The summed E-state index contributed by atoms with van der Waals surface area (Å²) in [5.41, 5.74) is 0.377. The van der Waals surface area contributed by atoms with E-state index in [1.54, 1.807) is 30.3 Å². The summed E-state index contributed by atoms with van der Waals surface area (Å²) in [5.74, 6) is -1.31. The average molecular weight is 437 g/mol. The highest BCUT2D eigenvalue weighted by atomic mass is 35.5. The second-order valence-corrected chi connectivity index (χ2v) is 9.47. The van der Waals surface area contributed by atoms with E-state index in [0.717, 1.165) is 23.2 Å². The predicted molar refractivity (Wildman–Crippen MR) is 108 cm³/mol. The first-order chi connectivity index (χ1) is 13.7. The van der Waals surface area contributed by atoms with Gasteiger partial charge < -0.3 is 10.1 Å². The van der Waals surface area contributed by atoms with E-state index in [9.17, 15) is 18.0 Å². The van der Waals surface area contributed by atoms with Crippen LogP contribution in [0.1, 0.15) is 34.9 Å². The maximum atomic E-state index is 12.8. The van der Waals surface area contributed by atoms with E-state index in [2.05, 4.69) is 5.32 Å². The number of nitrogens with one attached hydrogen (secondary N) is 1. The normalized spacial score (nSPS) is 15.0. The molecule has 0 unspecified atom stereocenters. The van der Waals surface area contributed by atoms with Gasteiger partial charge in [-0.25, -0.2) is 17.5 Å². The van der Waals surface area contributed by atoms with Crippen molar-refractivity contribution >= 4 is 33.5 Å². The standard InChI is InChI=1S/C20H21ClN2O5S/c1-23(2)29(26,27)15-10-11-17(21)16(12-15)20(25)28-18(13-6-4-3-5-7-13)19(24)22-14-8-9-14/h3-7,10-12,14,18H,8-9H2,1-2H3,(H,22,24)/t18-/m1/s1. The number of carbonyl (C=O) groups excluding carboxylic acids is 2. The molecule has 0 bridgehead atoms. The SMILES string of the molecule is CN(C)S(=O)(=O)c1ccc(Cl)c(C(=O)O[C@@H](C(=O)NC2CC2)c2ccccc2)c1.